The minimum atomic E-state index is -0.456. The van der Waals surface area contributed by atoms with E-state index in [2.05, 4.69) is 16.4 Å². The lowest BCUT2D eigenvalue weighted by atomic mass is 9.94. The van der Waals surface area contributed by atoms with E-state index < -0.39 is 5.41 Å². The van der Waals surface area contributed by atoms with Crippen molar-refractivity contribution in [3.05, 3.63) is 65.9 Å². The summed E-state index contributed by atoms with van der Waals surface area (Å²) in [5.41, 5.74) is 2.86. The Hall–Kier alpha value is -3.06. The molecule has 1 fully saturated rings. The van der Waals surface area contributed by atoms with Gasteiger partial charge in [-0.3, -0.25) is 4.79 Å². The molecule has 1 amide bonds. The van der Waals surface area contributed by atoms with Crippen LogP contribution in [0.5, 0.6) is 0 Å². The van der Waals surface area contributed by atoms with Gasteiger partial charge < -0.3 is 10.3 Å². The Morgan fingerprint density at radius 3 is 2.78 bits per heavy atom. The first-order valence-electron chi connectivity index (χ1n) is 7.61. The van der Waals surface area contributed by atoms with Gasteiger partial charge in [0.1, 0.15) is 0 Å². The zero-order chi connectivity index (χ0) is 15.9. The lowest BCUT2D eigenvalue weighted by Crippen LogP contribution is -2.27. The summed E-state index contributed by atoms with van der Waals surface area (Å²) in [7, 11) is 0. The summed E-state index contributed by atoms with van der Waals surface area (Å²) < 4.78 is 0. The van der Waals surface area contributed by atoms with Gasteiger partial charge in [-0.25, -0.2) is 0 Å². The summed E-state index contributed by atoms with van der Waals surface area (Å²) in [5, 5.41) is 13.0. The second kappa shape index (κ2) is 4.99. The first kappa shape index (κ1) is 13.6. The molecule has 112 valence electrons. The predicted octanol–water partition coefficient (Wildman–Crippen LogP) is 3.71. The van der Waals surface area contributed by atoms with Crippen molar-refractivity contribution in [2.45, 2.75) is 18.3 Å². The maximum absolute atomic E-state index is 12.8. The van der Waals surface area contributed by atoms with E-state index in [9.17, 15) is 4.79 Å². The van der Waals surface area contributed by atoms with Crippen molar-refractivity contribution in [3.63, 3.8) is 0 Å². The molecule has 1 saturated carbocycles. The van der Waals surface area contributed by atoms with E-state index in [1.54, 1.807) is 18.2 Å². The van der Waals surface area contributed by atoms with Crippen molar-refractivity contribution >= 4 is 22.5 Å². The molecule has 0 unspecified atom stereocenters. The number of benzene rings is 2. The third kappa shape index (κ3) is 2.18. The molecule has 0 atom stereocenters. The van der Waals surface area contributed by atoms with Crippen LogP contribution in [0.4, 0.5) is 5.69 Å². The molecule has 4 heteroatoms. The summed E-state index contributed by atoms with van der Waals surface area (Å²) in [6, 6.07) is 17.1. The van der Waals surface area contributed by atoms with Crippen LogP contribution in [0.3, 0.4) is 0 Å². The summed E-state index contributed by atoms with van der Waals surface area (Å²) in [6.07, 6.45) is 3.64. The fourth-order valence-electron chi connectivity index (χ4n) is 3.13. The average Bonchev–Trinajstić information content (AvgIpc) is 3.28. The average molecular weight is 301 g/mol. The van der Waals surface area contributed by atoms with Crippen LogP contribution in [0.15, 0.2) is 54.7 Å². The highest BCUT2D eigenvalue weighted by Gasteiger charge is 2.52. The molecule has 3 aromatic rings. The Labute approximate surface area is 133 Å². The zero-order valence-electron chi connectivity index (χ0n) is 12.5. The number of aromatic nitrogens is 1. The van der Waals surface area contributed by atoms with Crippen molar-refractivity contribution in [3.8, 4) is 6.07 Å². The summed E-state index contributed by atoms with van der Waals surface area (Å²) in [5.74, 6) is -0.00246. The Morgan fingerprint density at radius 1 is 1.17 bits per heavy atom. The number of carbonyl (C=O) groups excluding carboxylic acids is 1. The van der Waals surface area contributed by atoms with Gasteiger partial charge in [-0.15, -0.1) is 0 Å². The molecule has 1 aromatic heterocycles. The van der Waals surface area contributed by atoms with E-state index in [4.69, 9.17) is 5.26 Å². The Kier molecular flexibility index (Phi) is 2.95. The fourth-order valence-corrected chi connectivity index (χ4v) is 3.13. The Balaban J connectivity index is 1.66. The van der Waals surface area contributed by atoms with Gasteiger partial charge in [-0.2, -0.15) is 5.26 Å². The molecule has 0 aliphatic heterocycles. The normalized spacial score (nSPS) is 15.1. The van der Waals surface area contributed by atoms with Gasteiger partial charge in [0, 0.05) is 22.8 Å². The highest BCUT2D eigenvalue weighted by molar-refractivity contribution is 6.04. The van der Waals surface area contributed by atoms with Gasteiger partial charge in [0.05, 0.1) is 17.0 Å². The minimum Gasteiger partial charge on any atom is -0.361 e. The highest BCUT2D eigenvalue weighted by atomic mass is 16.2. The van der Waals surface area contributed by atoms with E-state index in [0.717, 1.165) is 29.3 Å². The fraction of sp³-hybridized carbons (Fsp3) is 0.158. The monoisotopic (exact) mass is 301 g/mol. The van der Waals surface area contributed by atoms with E-state index in [1.807, 2.05) is 36.5 Å². The van der Waals surface area contributed by atoms with E-state index in [0.29, 0.717) is 11.3 Å². The van der Waals surface area contributed by atoms with Crippen LogP contribution in [-0.2, 0) is 10.2 Å². The van der Waals surface area contributed by atoms with Crippen LogP contribution in [-0.4, -0.2) is 10.9 Å². The predicted molar refractivity (Wildman–Crippen MR) is 89.0 cm³/mol. The molecule has 0 bridgehead atoms. The molecule has 4 nitrogen and oxygen atoms in total. The summed E-state index contributed by atoms with van der Waals surface area (Å²) in [6.45, 7) is 0. The van der Waals surface area contributed by atoms with Crippen LogP contribution >= 0.6 is 0 Å². The molecule has 1 aliphatic carbocycles. The first-order chi connectivity index (χ1) is 11.2. The van der Waals surface area contributed by atoms with Crippen molar-refractivity contribution in [2.75, 3.05) is 5.32 Å². The van der Waals surface area contributed by atoms with Gasteiger partial charge in [0.15, 0.2) is 0 Å². The van der Waals surface area contributed by atoms with Crippen LogP contribution in [0.25, 0.3) is 10.9 Å². The number of H-pyrrole nitrogens is 1. The number of carbonyl (C=O) groups is 1. The molecule has 2 N–H and O–H groups in total. The number of aromatic amines is 1. The molecule has 0 saturated heterocycles. The topological polar surface area (TPSA) is 68.7 Å². The molecule has 23 heavy (non-hydrogen) atoms. The van der Waals surface area contributed by atoms with E-state index >= 15 is 0 Å². The van der Waals surface area contributed by atoms with Gasteiger partial charge >= 0.3 is 0 Å². The van der Waals surface area contributed by atoms with Gasteiger partial charge in [0.25, 0.3) is 0 Å². The second-order valence-electron chi connectivity index (χ2n) is 5.98. The number of para-hydroxylation sites is 1. The maximum Gasteiger partial charge on any atom is 0.235 e. The first-order valence-corrected chi connectivity index (χ1v) is 7.61. The van der Waals surface area contributed by atoms with E-state index in [1.165, 1.54) is 0 Å². The Morgan fingerprint density at radius 2 is 2.00 bits per heavy atom. The Bertz CT molecular complexity index is 944. The number of fused-ring (bicyclic) bond motifs is 1. The molecule has 0 spiro atoms. The van der Waals surface area contributed by atoms with E-state index in [-0.39, 0.29) is 5.91 Å². The number of rotatable bonds is 3. The quantitative estimate of drug-likeness (QED) is 0.774. The molecular formula is C19H15N3O. The van der Waals surface area contributed by atoms with Gasteiger partial charge in [-0.05, 0) is 42.7 Å². The van der Waals surface area contributed by atoms with Crippen molar-refractivity contribution < 1.29 is 4.79 Å². The second-order valence-corrected chi connectivity index (χ2v) is 5.98. The van der Waals surface area contributed by atoms with Crippen molar-refractivity contribution in [1.29, 1.82) is 5.26 Å². The maximum atomic E-state index is 12.8. The number of amides is 1. The minimum absolute atomic E-state index is 0.00246. The molecular weight excluding hydrogens is 286 g/mol. The third-order valence-electron chi connectivity index (χ3n) is 4.54. The van der Waals surface area contributed by atoms with Crippen LogP contribution in [0, 0.1) is 11.3 Å². The SMILES string of the molecule is N#Cc1cccc(NC(=O)C2(c3c[nH]c4ccccc34)CC2)c1. The highest BCUT2D eigenvalue weighted by Crippen LogP contribution is 2.51. The van der Waals surface area contributed by atoms with Crippen LogP contribution in [0.2, 0.25) is 0 Å². The largest absolute Gasteiger partial charge is 0.361 e. The lowest BCUT2D eigenvalue weighted by Gasteiger charge is -2.15. The molecule has 2 aromatic carbocycles. The standard InChI is InChI=1S/C19H15N3O/c20-11-13-4-3-5-14(10-13)22-18(23)19(8-9-19)16-12-21-17-7-2-1-6-15(16)17/h1-7,10,12,21H,8-9H2,(H,22,23). The zero-order valence-corrected chi connectivity index (χ0v) is 12.5. The smallest absolute Gasteiger partial charge is 0.235 e. The van der Waals surface area contributed by atoms with Crippen molar-refractivity contribution in [1.82, 2.24) is 4.98 Å². The number of hydrogen-bond donors (Lipinski definition) is 2. The third-order valence-corrected chi connectivity index (χ3v) is 4.54. The number of nitrogens with one attached hydrogen (secondary N) is 2. The number of nitriles is 1. The number of hydrogen-bond acceptors (Lipinski definition) is 2. The summed E-state index contributed by atoms with van der Waals surface area (Å²) >= 11 is 0. The molecule has 1 aliphatic rings. The van der Waals surface area contributed by atoms with Crippen molar-refractivity contribution in [2.24, 2.45) is 0 Å². The van der Waals surface area contributed by atoms with Gasteiger partial charge in [-0.1, -0.05) is 24.3 Å². The van der Waals surface area contributed by atoms with Crippen LogP contribution < -0.4 is 5.32 Å². The van der Waals surface area contributed by atoms with Crippen LogP contribution in [0.1, 0.15) is 24.0 Å². The molecule has 4 rings (SSSR count). The summed E-state index contributed by atoms with van der Waals surface area (Å²) in [4.78, 5) is 16.1. The number of nitrogens with zero attached hydrogens (tertiary/aromatic N) is 1. The lowest BCUT2D eigenvalue weighted by molar-refractivity contribution is -0.118. The number of anilines is 1. The molecule has 1 heterocycles. The van der Waals surface area contributed by atoms with Gasteiger partial charge in [0.2, 0.25) is 5.91 Å². The molecule has 0 radical (unpaired) electrons.